The predicted octanol–water partition coefficient (Wildman–Crippen LogP) is 4.52. The Balaban J connectivity index is 1.67. The maximum absolute atomic E-state index is 12.1. The lowest BCUT2D eigenvalue weighted by Crippen LogP contribution is -2.14. The highest BCUT2D eigenvalue weighted by molar-refractivity contribution is 7.13. The third-order valence-electron chi connectivity index (χ3n) is 3.26. The van der Waals surface area contributed by atoms with Gasteiger partial charge in [-0.3, -0.25) is 4.79 Å². The van der Waals surface area contributed by atoms with Gasteiger partial charge in [-0.2, -0.15) is 5.26 Å². The molecule has 1 N–H and O–H groups in total. The zero-order valence-corrected chi connectivity index (χ0v) is 14.1. The van der Waals surface area contributed by atoms with Gasteiger partial charge in [-0.15, -0.1) is 11.3 Å². The molecule has 0 fully saturated rings. The molecule has 0 atom stereocenters. The molecular weight excluding hydrogens is 342 g/mol. The van der Waals surface area contributed by atoms with Crippen molar-refractivity contribution < 1.29 is 4.79 Å². The van der Waals surface area contributed by atoms with E-state index in [2.05, 4.69) is 10.3 Å². The summed E-state index contributed by atoms with van der Waals surface area (Å²) in [5, 5.41) is 15.1. The van der Waals surface area contributed by atoms with Crippen molar-refractivity contribution in [3.8, 4) is 16.6 Å². The number of rotatable bonds is 4. The molecule has 0 bridgehead atoms. The molecule has 118 valence electrons. The first-order valence-electron chi connectivity index (χ1n) is 7.14. The molecule has 0 spiro atoms. The van der Waals surface area contributed by atoms with E-state index >= 15 is 0 Å². The number of aromatic nitrogens is 1. The molecule has 0 aliphatic heterocycles. The van der Waals surface area contributed by atoms with Gasteiger partial charge >= 0.3 is 0 Å². The van der Waals surface area contributed by atoms with Gasteiger partial charge in [0.25, 0.3) is 0 Å². The Morgan fingerprint density at radius 3 is 2.79 bits per heavy atom. The molecule has 0 aliphatic rings. The molecule has 0 aliphatic carbocycles. The van der Waals surface area contributed by atoms with Gasteiger partial charge in [0.1, 0.15) is 5.01 Å². The Kier molecular flexibility index (Phi) is 4.90. The molecule has 4 nitrogen and oxygen atoms in total. The number of hydrogen-bond donors (Lipinski definition) is 1. The Morgan fingerprint density at radius 1 is 1.25 bits per heavy atom. The molecule has 0 saturated heterocycles. The van der Waals surface area contributed by atoms with Crippen molar-refractivity contribution in [2.24, 2.45) is 0 Å². The first-order valence-corrected chi connectivity index (χ1v) is 8.40. The summed E-state index contributed by atoms with van der Waals surface area (Å²) >= 11 is 7.37. The van der Waals surface area contributed by atoms with Crippen LogP contribution in [0.3, 0.4) is 0 Å². The predicted molar refractivity (Wildman–Crippen MR) is 96.1 cm³/mol. The van der Waals surface area contributed by atoms with E-state index in [-0.39, 0.29) is 12.3 Å². The fourth-order valence-electron chi connectivity index (χ4n) is 2.15. The molecule has 2 aromatic carbocycles. The van der Waals surface area contributed by atoms with Crippen LogP contribution >= 0.6 is 22.9 Å². The summed E-state index contributed by atoms with van der Waals surface area (Å²) < 4.78 is 0. The number of carbonyl (C=O) groups excluding carboxylic acids is 1. The number of nitriles is 1. The van der Waals surface area contributed by atoms with Gasteiger partial charge in [0, 0.05) is 21.7 Å². The van der Waals surface area contributed by atoms with E-state index in [1.54, 1.807) is 24.3 Å². The number of hydrogen-bond acceptors (Lipinski definition) is 4. The quantitative estimate of drug-likeness (QED) is 0.750. The lowest BCUT2D eigenvalue weighted by Gasteiger charge is -2.04. The van der Waals surface area contributed by atoms with Crippen LogP contribution in [0, 0.1) is 11.3 Å². The topological polar surface area (TPSA) is 65.8 Å². The van der Waals surface area contributed by atoms with Crippen LogP contribution in [0.5, 0.6) is 0 Å². The van der Waals surface area contributed by atoms with Crippen LogP contribution < -0.4 is 5.32 Å². The van der Waals surface area contributed by atoms with E-state index in [9.17, 15) is 4.79 Å². The molecule has 1 aromatic heterocycles. The highest BCUT2D eigenvalue weighted by Gasteiger charge is 2.10. The van der Waals surface area contributed by atoms with Crippen molar-refractivity contribution in [3.05, 3.63) is 70.2 Å². The van der Waals surface area contributed by atoms with E-state index in [1.807, 2.05) is 35.7 Å². The first kappa shape index (κ1) is 16.2. The van der Waals surface area contributed by atoms with Gasteiger partial charge in [-0.25, -0.2) is 4.98 Å². The van der Waals surface area contributed by atoms with Gasteiger partial charge in [0.05, 0.1) is 23.7 Å². The average molecular weight is 354 g/mol. The molecule has 0 radical (unpaired) electrons. The maximum Gasteiger partial charge on any atom is 0.230 e. The summed E-state index contributed by atoms with van der Waals surface area (Å²) in [6.07, 6.45) is 0.181. The van der Waals surface area contributed by atoms with Crippen molar-refractivity contribution in [1.29, 1.82) is 5.26 Å². The minimum Gasteiger partial charge on any atom is -0.326 e. The lowest BCUT2D eigenvalue weighted by atomic mass is 10.2. The van der Waals surface area contributed by atoms with Crippen LogP contribution in [-0.2, 0) is 11.2 Å². The SMILES string of the molecule is N#Cc1cccc(NC(=O)Cc2csc(-c3ccc(Cl)cc3)n2)c1. The smallest absolute Gasteiger partial charge is 0.230 e. The van der Waals surface area contributed by atoms with Gasteiger partial charge in [-0.05, 0) is 30.3 Å². The highest BCUT2D eigenvalue weighted by atomic mass is 35.5. The average Bonchev–Trinajstić information content (AvgIpc) is 3.04. The maximum atomic E-state index is 12.1. The molecule has 1 heterocycles. The van der Waals surface area contributed by atoms with E-state index in [1.165, 1.54) is 11.3 Å². The molecule has 0 unspecified atom stereocenters. The summed E-state index contributed by atoms with van der Waals surface area (Å²) in [5.41, 5.74) is 2.79. The van der Waals surface area contributed by atoms with Gasteiger partial charge in [-0.1, -0.05) is 29.8 Å². The van der Waals surface area contributed by atoms with Gasteiger partial charge in [0.2, 0.25) is 5.91 Å². The minimum absolute atomic E-state index is 0.168. The molecule has 1 amide bonds. The largest absolute Gasteiger partial charge is 0.326 e. The number of nitrogens with zero attached hydrogens (tertiary/aromatic N) is 2. The third kappa shape index (κ3) is 3.99. The first-order chi connectivity index (χ1) is 11.6. The Hall–Kier alpha value is -2.68. The van der Waals surface area contributed by atoms with Crippen LogP contribution in [0.4, 0.5) is 5.69 Å². The zero-order valence-electron chi connectivity index (χ0n) is 12.5. The number of benzene rings is 2. The Morgan fingerprint density at radius 2 is 2.04 bits per heavy atom. The van der Waals surface area contributed by atoms with E-state index in [0.717, 1.165) is 10.6 Å². The number of thiazole rings is 1. The number of carbonyl (C=O) groups is 1. The van der Waals surface area contributed by atoms with Crippen molar-refractivity contribution in [3.63, 3.8) is 0 Å². The summed E-state index contributed by atoms with van der Waals surface area (Å²) in [5.74, 6) is -0.168. The molecular formula is C18H12ClN3OS. The number of anilines is 1. The minimum atomic E-state index is -0.168. The molecule has 3 aromatic rings. The normalized spacial score (nSPS) is 10.2. The van der Waals surface area contributed by atoms with Crippen LogP contribution in [0.25, 0.3) is 10.6 Å². The van der Waals surface area contributed by atoms with Crippen molar-refractivity contribution in [2.45, 2.75) is 6.42 Å². The third-order valence-corrected chi connectivity index (χ3v) is 4.45. The Bertz CT molecular complexity index is 913. The monoisotopic (exact) mass is 353 g/mol. The number of nitrogens with one attached hydrogen (secondary N) is 1. The van der Waals surface area contributed by atoms with Gasteiger partial charge in [0.15, 0.2) is 0 Å². The molecule has 24 heavy (non-hydrogen) atoms. The summed E-state index contributed by atoms with van der Waals surface area (Å²) in [6, 6.07) is 16.3. The van der Waals surface area contributed by atoms with Crippen molar-refractivity contribution >= 4 is 34.5 Å². The Labute approximate surface area is 148 Å². The van der Waals surface area contributed by atoms with Gasteiger partial charge < -0.3 is 5.32 Å². The second kappa shape index (κ2) is 7.26. The van der Waals surface area contributed by atoms with E-state index < -0.39 is 0 Å². The number of halogens is 1. The number of amides is 1. The van der Waals surface area contributed by atoms with E-state index in [0.29, 0.717) is 22.0 Å². The zero-order chi connectivity index (χ0) is 16.9. The van der Waals surface area contributed by atoms with Crippen LogP contribution in [0.2, 0.25) is 5.02 Å². The van der Waals surface area contributed by atoms with Crippen LogP contribution in [0.15, 0.2) is 53.9 Å². The summed E-state index contributed by atoms with van der Waals surface area (Å²) in [4.78, 5) is 16.6. The second-order valence-corrected chi connectivity index (χ2v) is 6.36. The summed E-state index contributed by atoms with van der Waals surface area (Å²) in [7, 11) is 0. The summed E-state index contributed by atoms with van der Waals surface area (Å²) in [6.45, 7) is 0. The molecule has 3 rings (SSSR count). The molecule has 0 saturated carbocycles. The highest BCUT2D eigenvalue weighted by Crippen LogP contribution is 2.25. The van der Waals surface area contributed by atoms with Crippen molar-refractivity contribution in [1.82, 2.24) is 4.98 Å². The van der Waals surface area contributed by atoms with Crippen LogP contribution in [-0.4, -0.2) is 10.9 Å². The fraction of sp³-hybridized carbons (Fsp3) is 0.0556. The fourth-order valence-corrected chi connectivity index (χ4v) is 3.10. The van der Waals surface area contributed by atoms with Crippen molar-refractivity contribution in [2.75, 3.05) is 5.32 Å². The standard InChI is InChI=1S/C18H12ClN3OS/c19-14-6-4-13(5-7-14)18-22-16(11-24-18)9-17(23)21-15-3-1-2-12(8-15)10-20/h1-8,11H,9H2,(H,21,23). The lowest BCUT2D eigenvalue weighted by molar-refractivity contribution is -0.115. The second-order valence-electron chi connectivity index (χ2n) is 5.07. The van der Waals surface area contributed by atoms with E-state index in [4.69, 9.17) is 16.9 Å². The molecule has 6 heteroatoms. The van der Waals surface area contributed by atoms with Crippen LogP contribution in [0.1, 0.15) is 11.3 Å².